The molecular formula is C12H18N2. The second kappa shape index (κ2) is 3.62. The Labute approximate surface area is 85.9 Å². The van der Waals surface area contributed by atoms with Crippen molar-refractivity contribution in [3.8, 4) is 0 Å². The summed E-state index contributed by atoms with van der Waals surface area (Å²) in [5, 5.41) is 3.52. The quantitative estimate of drug-likeness (QED) is 0.727. The Hall–Kier alpha value is -1.02. The summed E-state index contributed by atoms with van der Waals surface area (Å²) in [7, 11) is 0. The molecule has 1 aliphatic rings. The number of nitrogens with one attached hydrogen (secondary N) is 1. The van der Waals surface area contributed by atoms with Crippen molar-refractivity contribution in [2.24, 2.45) is 0 Å². The van der Waals surface area contributed by atoms with Crippen molar-refractivity contribution in [3.05, 3.63) is 30.3 Å². The van der Waals surface area contributed by atoms with E-state index in [1.807, 2.05) is 0 Å². The fourth-order valence-electron chi connectivity index (χ4n) is 2.00. The van der Waals surface area contributed by atoms with Crippen LogP contribution in [-0.2, 0) is 0 Å². The number of benzene rings is 1. The van der Waals surface area contributed by atoms with Gasteiger partial charge in [0, 0.05) is 30.9 Å². The van der Waals surface area contributed by atoms with Gasteiger partial charge >= 0.3 is 0 Å². The van der Waals surface area contributed by atoms with Crippen molar-refractivity contribution in [1.29, 1.82) is 0 Å². The first-order valence-electron chi connectivity index (χ1n) is 5.22. The summed E-state index contributed by atoms with van der Waals surface area (Å²) in [4.78, 5) is 2.44. The third kappa shape index (κ3) is 2.07. The van der Waals surface area contributed by atoms with Crippen molar-refractivity contribution in [2.75, 3.05) is 24.5 Å². The summed E-state index contributed by atoms with van der Waals surface area (Å²) < 4.78 is 0. The Kier molecular flexibility index (Phi) is 2.46. The number of piperazine rings is 1. The average molecular weight is 190 g/mol. The molecule has 1 heterocycles. The second-order valence-electron chi connectivity index (χ2n) is 4.57. The average Bonchev–Trinajstić information content (AvgIpc) is 2.18. The maximum Gasteiger partial charge on any atom is 0.0367 e. The molecule has 1 N–H and O–H groups in total. The van der Waals surface area contributed by atoms with Crippen LogP contribution < -0.4 is 10.2 Å². The van der Waals surface area contributed by atoms with Crippen LogP contribution in [0.1, 0.15) is 13.8 Å². The van der Waals surface area contributed by atoms with Crippen LogP contribution in [0.25, 0.3) is 0 Å². The molecule has 0 unspecified atom stereocenters. The van der Waals surface area contributed by atoms with Crippen molar-refractivity contribution < 1.29 is 0 Å². The molecule has 1 fully saturated rings. The van der Waals surface area contributed by atoms with E-state index in [0.29, 0.717) is 0 Å². The molecule has 1 aromatic carbocycles. The minimum Gasteiger partial charge on any atom is -0.368 e. The number of para-hydroxylation sites is 1. The zero-order valence-corrected chi connectivity index (χ0v) is 8.96. The molecule has 0 radical (unpaired) electrons. The smallest absolute Gasteiger partial charge is 0.0367 e. The highest BCUT2D eigenvalue weighted by Gasteiger charge is 2.25. The monoisotopic (exact) mass is 190 g/mol. The summed E-state index contributed by atoms with van der Waals surface area (Å²) in [6.07, 6.45) is 0. The molecule has 14 heavy (non-hydrogen) atoms. The van der Waals surface area contributed by atoms with Gasteiger partial charge in [-0.3, -0.25) is 0 Å². The van der Waals surface area contributed by atoms with E-state index in [4.69, 9.17) is 0 Å². The Morgan fingerprint density at radius 1 is 1.21 bits per heavy atom. The molecule has 1 aliphatic heterocycles. The Balaban J connectivity index is 2.12. The minimum atomic E-state index is 0.230. The van der Waals surface area contributed by atoms with E-state index in [9.17, 15) is 0 Å². The molecule has 0 aromatic heterocycles. The first kappa shape index (κ1) is 9.53. The lowest BCUT2D eigenvalue weighted by Crippen LogP contribution is -2.57. The van der Waals surface area contributed by atoms with E-state index < -0.39 is 0 Å². The summed E-state index contributed by atoms with van der Waals surface area (Å²) in [5.74, 6) is 0. The highest BCUT2D eigenvalue weighted by atomic mass is 15.2. The number of nitrogens with zero attached hydrogens (tertiary/aromatic N) is 1. The van der Waals surface area contributed by atoms with Gasteiger partial charge in [0.25, 0.3) is 0 Å². The van der Waals surface area contributed by atoms with E-state index in [-0.39, 0.29) is 5.54 Å². The van der Waals surface area contributed by atoms with Gasteiger partial charge in [-0.05, 0) is 26.0 Å². The number of hydrogen-bond donors (Lipinski definition) is 1. The lowest BCUT2D eigenvalue weighted by atomic mass is 10.0. The molecule has 0 bridgehead atoms. The molecule has 1 saturated heterocycles. The van der Waals surface area contributed by atoms with Crippen molar-refractivity contribution in [2.45, 2.75) is 19.4 Å². The van der Waals surface area contributed by atoms with Crippen LogP contribution in [0.5, 0.6) is 0 Å². The molecule has 0 aliphatic carbocycles. The van der Waals surface area contributed by atoms with Crippen LogP contribution >= 0.6 is 0 Å². The van der Waals surface area contributed by atoms with Gasteiger partial charge in [-0.15, -0.1) is 0 Å². The molecule has 2 rings (SSSR count). The molecular weight excluding hydrogens is 172 g/mol. The van der Waals surface area contributed by atoms with Crippen molar-refractivity contribution in [3.63, 3.8) is 0 Å². The van der Waals surface area contributed by atoms with Crippen molar-refractivity contribution in [1.82, 2.24) is 5.32 Å². The summed E-state index contributed by atoms with van der Waals surface area (Å²) >= 11 is 0. The third-order valence-corrected chi connectivity index (χ3v) is 2.69. The predicted octanol–water partition coefficient (Wildman–Crippen LogP) is 1.87. The van der Waals surface area contributed by atoms with E-state index in [2.05, 4.69) is 54.4 Å². The van der Waals surface area contributed by atoms with Crippen LogP contribution in [0, 0.1) is 0 Å². The topological polar surface area (TPSA) is 15.3 Å². The summed E-state index contributed by atoms with van der Waals surface area (Å²) in [5.41, 5.74) is 1.57. The SMILES string of the molecule is CC1(C)CN(c2ccccc2)CCN1. The molecule has 0 spiro atoms. The molecule has 1 aromatic rings. The minimum absolute atomic E-state index is 0.230. The van der Waals surface area contributed by atoms with E-state index in [0.717, 1.165) is 19.6 Å². The van der Waals surface area contributed by atoms with Gasteiger partial charge < -0.3 is 10.2 Å². The van der Waals surface area contributed by atoms with E-state index in [1.54, 1.807) is 0 Å². The van der Waals surface area contributed by atoms with Crippen LogP contribution in [0.2, 0.25) is 0 Å². The van der Waals surface area contributed by atoms with Crippen LogP contribution in [-0.4, -0.2) is 25.2 Å². The molecule has 0 amide bonds. The normalized spacial score (nSPS) is 20.9. The zero-order valence-electron chi connectivity index (χ0n) is 8.96. The number of rotatable bonds is 1. The first-order valence-corrected chi connectivity index (χ1v) is 5.22. The standard InChI is InChI=1S/C12H18N2/c1-12(2)10-14(9-8-13-12)11-6-4-3-5-7-11/h3-7,13H,8-10H2,1-2H3. The first-order chi connectivity index (χ1) is 6.67. The van der Waals surface area contributed by atoms with Gasteiger partial charge in [0.2, 0.25) is 0 Å². The molecule has 76 valence electrons. The van der Waals surface area contributed by atoms with Crippen LogP contribution in [0.4, 0.5) is 5.69 Å². The number of hydrogen-bond acceptors (Lipinski definition) is 2. The Morgan fingerprint density at radius 2 is 1.93 bits per heavy atom. The lowest BCUT2D eigenvalue weighted by molar-refractivity contribution is 0.353. The molecule has 0 saturated carbocycles. The largest absolute Gasteiger partial charge is 0.368 e. The highest BCUT2D eigenvalue weighted by Crippen LogP contribution is 2.18. The summed E-state index contributed by atoms with van der Waals surface area (Å²) in [6, 6.07) is 10.6. The van der Waals surface area contributed by atoms with E-state index >= 15 is 0 Å². The van der Waals surface area contributed by atoms with Gasteiger partial charge in [-0.25, -0.2) is 0 Å². The van der Waals surface area contributed by atoms with Gasteiger partial charge in [0.1, 0.15) is 0 Å². The van der Waals surface area contributed by atoms with Gasteiger partial charge in [-0.2, -0.15) is 0 Å². The molecule has 2 nitrogen and oxygen atoms in total. The fourth-order valence-corrected chi connectivity index (χ4v) is 2.00. The number of anilines is 1. The van der Waals surface area contributed by atoms with Gasteiger partial charge in [-0.1, -0.05) is 18.2 Å². The van der Waals surface area contributed by atoms with Crippen LogP contribution in [0.15, 0.2) is 30.3 Å². The fraction of sp³-hybridized carbons (Fsp3) is 0.500. The lowest BCUT2D eigenvalue weighted by Gasteiger charge is -2.40. The zero-order chi connectivity index (χ0) is 10.0. The molecule has 0 atom stereocenters. The Morgan fingerprint density at radius 3 is 2.57 bits per heavy atom. The third-order valence-electron chi connectivity index (χ3n) is 2.69. The van der Waals surface area contributed by atoms with Crippen molar-refractivity contribution >= 4 is 5.69 Å². The maximum absolute atomic E-state index is 3.52. The second-order valence-corrected chi connectivity index (χ2v) is 4.57. The van der Waals surface area contributed by atoms with E-state index in [1.165, 1.54) is 5.69 Å². The predicted molar refractivity (Wildman–Crippen MR) is 60.7 cm³/mol. The Bertz CT molecular complexity index is 292. The molecule has 2 heteroatoms. The highest BCUT2D eigenvalue weighted by molar-refractivity contribution is 5.47. The van der Waals surface area contributed by atoms with Gasteiger partial charge in [0.15, 0.2) is 0 Å². The summed E-state index contributed by atoms with van der Waals surface area (Å²) in [6.45, 7) is 7.76. The van der Waals surface area contributed by atoms with Crippen LogP contribution in [0.3, 0.4) is 0 Å². The van der Waals surface area contributed by atoms with Gasteiger partial charge in [0.05, 0.1) is 0 Å². The maximum atomic E-state index is 3.52.